The lowest BCUT2D eigenvalue weighted by molar-refractivity contribution is 0.0198. The molecule has 1 saturated heterocycles. The van der Waals surface area contributed by atoms with E-state index in [4.69, 9.17) is 15.5 Å². The Morgan fingerprint density at radius 2 is 2.17 bits per heavy atom. The summed E-state index contributed by atoms with van der Waals surface area (Å²) in [4.78, 5) is 7.36. The van der Waals surface area contributed by atoms with Gasteiger partial charge in [0.15, 0.2) is 5.96 Å². The zero-order valence-corrected chi connectivity index (χ0v) is 15.0. The van der Waals surface area contributed by atoms with Gasteiger partial charge in [0.25, 0.3) is 0 Å². The van der Waals surface area contributed by atoms with Crippen LogP contribution in [0.3, 0.4) is 0 Å². The van der Waals surface area contributed by atoms with Crippen LogP contribution in [0.4, 0.5) is 0 Å². The Morgan fingerprint density at radius 1 is 1.33 bits per heavy atom. The van der Waals surface area contributed by atoms with Crippen molar-refractivity contribution >= 4 is 5.96 Å². The van der Waals surface area contributed by atoms with Crippen LogP contribution < -0.4 is 16.4 Å². The molecule has 2 aliphatic heterocycles. The largest absolute Gasteiger partial charge is 0.378 e. The fourth-order valence-electron chi connectivity index (χ4n) is 3.81. The summed E-state index contributed by atoms with van der Waals surface area (Å²) >= 11 is 0. The minimum absolute atomic E-state index is 0.319. The number of guanidine groups is 1. The van der Waals surface area contributed by atoms with Gasteiger partial charge in [0, 0.05) is 19.4 Å². The number of nitrogens with one attached hydrogen (secondary N) is 2. The highest BCUT2D eigenvalue weighted by Crippen LogP contribution is 2.24. The number of hydrogen-bond acceptors (Lipinski definition) is 4. The molecule has 6 nitrogen and oxygen atoms in total. The molecule has 0 amide bonds. The van der Waals surface area contributed by atoms with Crippen molar-refractivity contribution in [2.24, 2.45) is 10.7 Å². The van der Waals surface area contributed by atoms with Crippen molar-refractivity contribution in [3.05, 3.63) is 12.3 Å². The Hall–Kier alpha value is -1.11. The van der Waals surface area contributed by atoms with E-state index in [1.165, 1.54) is 45.3 Å². The van der Waals surface area contributed by atoms with Gasteiger partial charge in [-0.1, -0.05) is 0 Å². The summed E-state index contributed by atoms with van der Waals surface area (Å²) < 4.78 is 6.13. The summed E-state index contributed by atoms with van der Waals surface area (Å²) in [7, 11) is 0. The van der Waals surface area contributed by atoms with Crippen LogP contribution in [0.25, 0.3) is 0 Å². The van der Waals surface area contributed by atoms with Crippen molar-refractivity contribution in [2.75, 3.05) is 26.2 Å². The normalized spacial score (nSPS) is 35.8. The second-order valence-electron chi connectivity index (χ2n) is 7.58. The van der Waals surface area contributed by atoms with Crippen molar-refractivity contribution in [3.63, 3.8) is 0 Å². The number of likely N-dealkylation sites (tertiary alicyclic amines) is 1. The zero-order valence-electron chi connectivity index (χ0n) is 15.0. The highest BCUT2D eigenvalue weighted by molar-refractivity contribution is 5.83. The Labute approximate surface area is 145 Å². The van der Waals surface area contributed by atoms with Gasteiger partial charge in [-0.2, -0.15) is 0 Å². The average Bonchev–Trinajstić information content (AvgIpc) is 3.04. The molecule has 2 fully saturated rings. The van der Waals surface area contributed by atoms with Crippen LogP contribution in [-0.4, -0.2) is 54.9 Å². The summed E-state index contributed by atoms with van der Waals surface area (Å²) in [6, 6.07) is 0.319. The van der Waals surface area contributed by atoms with Crippen LogP contribution in [0.1, 0.15) is 51.9 Å². The van der Waals surface area contributed by atoms with Gasteiger partial charge in [-0.3, -0.25) is 0 Å². The van der Waals surface area contributed by atoms with Gasteiger partial charge in [0.05, 0.1) is 12.1 Å². The number of hydrogen-bond donors (Lipinski definition) is 3. The first-order valence-corrected chi connectivity index (χ1v) is 9.54. The first kappa shape index (κ1) is 17.7. The molecule has 1 unspecified atom stereocenters. The lowest BCUT2D eigenvalue weighted by Gasteiger charge is -2.31. The zero-order chi connectivity index (χ0) is 16.8. The molecular weight excluding hydrogens is 302 g/mol. The third-order valence-corrected chi connectivity index (χ3v) is 5.12. The molecule has 0 bridgehead atoms. The second kappa shape index (κ2) is 8.32. The molecule has 3 rings (SSSR count). The molecule has 24 heavy (non-hydrogen) atoms. The van der Waals surface area contributed by atoms with E-state index in [2.05, 4.69) is 15.5 Å². The standard InChI is InChI=1S/C18H33N5O/c1-18(19)8-9-20-17(22-18)21-15-6-4-7-16(14-15)24-13-5-12-23-10-2-3-11-23/h8-9,15-16H,2-7,10-14,19H2,1H3,(H2,20,21,22)/t15-,16+,18?/m1/s1. The summed E-state index contributed by atoms with van der Waals surface area (Å²) in [6.07, 6.45) is 12.5. The van der Waals surface area contributed by atoms with Crippen molar-refractivity contribution < 1.29 is 4.74 Å². The van der Waals surface area contributed by atoms with Gasteiger partial charge in [-0.05, 0) is 71.0 Å². The smallest absolute Gasteiger partial charge is 0.197 e. The molecule has 3 aliphatic rings. The van der Waals surface area contributed by atoms with E-state index in [0.29, 0.717) is 12.1 Å². The summed E-state index contributed by atoms with van der Waals surface area (Å²) in [6.45, 7) is 6.56. The average molecular weight is 335 g/mol. The number of ether oxygens (including phenoxy) is 1. The van der Waals surface area contributed by atoms with E-state index < -0.39 is 5.66 Å². The first-order valence-electron chi connectivity index (χ1n) is 9.54. The van der Waals surface area contributed by atoms with E-state index in [-0.39, 0.29) is 0 Å². The fraction of sp³-hybridized carbons (Fsp3) is 0.833. The molecule has 136 valence electrons. The minimum atomic E-state index is -0.524. The predicted molar refractivity (Wildman–Crippen MR) is 97.7 cm³/mol. The highest BCUT2D eigenvalue weighted by atomic mass is 16.5. The molecule has 0 aromatic carbocycles. The van der Waals surface area contributed by atoms with E-state index in [0.717, 1.165) is 31.8 Å². The summed E-state index contributed by atoms with van der Waals surface area (Å²) in [5, 5.41) is 6.37. The lowest BCUT2D eigenvalue weighted by atomic mass is 9.93. The molecule has 6 heteroatoms. The number of aliphatic imine (C=N–C) groups is 1. The lowest BCUT2D eigenvalue weighted by Crippen LogP contribution is -2.58. The highest BCUT2D eigenvalue weighted by Gasteiger charge is 2.25. The van der Waals surface area contributed by atoms with Gasteiger partial charge in [0.2, 0.25) is 0 Å². The van der Waals surface area contributed by atoms with Crippen molar-refractivity contribution in [3.8, 4) is 0 Å². The summed E-state index contributed by atoms with van der Waals surface area (Å²) in [5.41, 5.74) is 5.56. The SMILES string of the molecule is CC1(N)C=CNC(=N[C@@H]2CCC[C@H](OCCCN3CCCC3)C2)N1. The Morgan fingerprint density at radius 3 is 2.96 bits per heavy atom. The van der Waals surface area contributed by atoms with Crippen molar-refractivity contribution in [2.45, 2.75) is 69.7 Å². The van der Waals surface area contributed by atoms with E-state index in [1.54, 1.807) is 0 Å². The molecule has 1 saturated carbocycles. The van der Waals surface area contributed by atoms with Gasteiger partial charge in [-0.15, -0.1) is 0 Å². The maximum atomic E-state index is 6.13. The van der Waals surface area contributed by atoms with Crippen LogP contribution in [0.5, 0.6) is 0 Å². The Balaban J connectivity index is 1.38. The van der Waals surface area contributed by atoms with Crippen molar-refractivity contribution in [1.82, 2.24) is 15.5 Å². The van der Waals surface area contributed by atoms with Crippen molar-refractivity contribution in [1.29, 1.82) is 0 Å². The second-order valence-corrected chi connectivity index (χ2v) is 7.58. The Bertz CT molecular complexity index is 456. The third-order valence-electron chi connectivity index (χ3n) is 5.12. The van der Waals surface area contributed by atoms with Crippen LogP contribution >= 0.6 is 0 Å². The molecule has 2 heterocycles. The third kappa shape index (κ3) is 5.46. The number of nitrogens with zero attached hydrogens (tertiary/aromatic N) is 2. The quantitative estimate of drug-likeness (QED) is 0.642. The molecule has 0 aromatic heterocycles. The molecule has 0 radical (unpaired) electrons. The van der Waals surface area contributed by atoms with E-state index in [1.807, 2.05) is 19.2 Å². The van der Waals surface area contributed by atoms with Crippen LogP contribution in [-0.2, 0) is 4.74 Å². The molecule has 1 aliphatic carbocycles. The first-order chi connectivity index (χ1) is 11.6. The topological polar surface area (TPSA) is 74.9 Å². The fourth-order valence-corrected chi connectivity index (χ4v) is 3.81. The molecular formula is C18H33N5O. The van der Waals surface area contributed by atoms with E-state index in [9.17, 15) is 0 Å². The maximum Gasteiger partial charge on any atom is 0.197 e. The van der Waals surface area contributed by atoms with Gasteiger partial charge < -0.3 is 26.0 Å². The van der Waals surface area contributed by atoms with E-state index >= 15 is 0 Å². The Kier molecular flexibility index (Phi) is 6.14. The maximum absolute atomic E-state index is 6.13. The molecule has 0 spiro atoms. The summed E-state index contributed by atoms with van der Waals surface area (Å²) in [5.74, 6) is 0.780. The van der Waals surface area contributed by atoms with Gasteiger partial charge in [-0.25, -0.2) is 4.99 Å². The van der Waals surface area contributed by atoms with Crippen LogP contribution in [0.15, 0.2) is 17.3 Å². The van der Waals surface area contributed by atoms with Gasteiger partial charge in [0.1, 0.15) is 5.66 Å². The number of rotatable bonds is 6. The molecule has 0 aromatic rings. The van der Waals surface area contributed by atoms with Gasteiger partial charge >= 0.3 is 0 Å². The predicted octanol–water partition coefficient (Wildman–Crippen LogP) is 1.54. The molecule has 3 atom stereocenters. The molecule has 4 N–H and O–H groups in total. The minimum Gasteiger partial charge on any atom is -0.378 e. The monoisotopic (exact) mass is 335 g/mol. The number of nitrogens with two attached hydrogens (primary N) is 1. The van der Waals surface area contributed by atoms with Crippen LogP contribution in [0, 0.1) is 0 Å². The van der Waals surface area contributed by atoms with Crippen LogP contribution in [0.2, 0.25) is 0 Å².